The molecule has 2 aromatic carbocycles. The number of ether oxygens (including phenoxy) is 3. The first-order valence-corrected chi connectivity index (χ1v) is 10.2. The van der Waals surface area contributed by atoms with Gasteiger partial charge in [-0.2, -0.15) is 5.26 Å². The van der Waals surface area contributed by atoms with Gasteiger partial charge in [0.1, 0.15) is 17.4 Å². The number of allylic oxidation sites excluding steroid dienone is 1. The maximum Gasteiger partial charge on any atom is 0.341 e. The molecule has 0 aliphatic rings. The van der Waals surface area contributed by atoms with Crippen molar-refractivity contribution >= 4 is 18.0 Å². The average Bonchev–Trinajstić information content (AvgIpc) is 2.81. The van der Waals surface area contributed by atoms with E-state index in [1.54, 1.807) is 44.4 Å². The summed E-state index contributed by atoms with van der Waals surface area (Å²) in [6, 6.07) is 12.4. The molecule has 0 aromatic heterocycles. The lowest BCUT2D eigenvalue weighted by Crippen LogP contribution is -2.23. The van der Waals surface area contributed by atoms with Crippen LogP contribution in [-0.4, -0.2) is 37.3 Å². The summed E-state index contributed by atoms with van der Waals surface area (Å²) < 4.78 is 16.2. The van der Waals surface area contributed by atoms with Gasteiger partial charge in [0.2, 0.25) is 0 Å². The molecule has 33 heavy (non-hydrogen) atoms. The van der Waals surface area contributed by atoms with E-state index in [2.05, 4.69) is 11.9 Å². The highest BCUT2D eigenvalue weighted by Crippen LogP contribution is 2.34. The number of hydrogen-bond acceptors (Lipinski definition) is 6. The van der Waals surface area contributed by atoms with Crippen LogP contribution in [0, 0.1) is 11.3 Å². The predicted molar refractivity (Wildman–Crippen MR) is 123 cm³/mol. The molecule has 0 aliphatic heterocycles. The second kappa shape index (κ2) is 12.6. The van der Waals surface area contributed by atoms with Gasteiger partial charge in [-0.05, 0) is 54.8 Å². The second-order valence-electron chi connectivity index (χ2n) is 6.82. The predicted octanol–water partition coefficient (Wildman–Crippen LogP) is 3.51. The van der Waals surface area contributed by atoms with Gasteiger partial charge in [-0.25, -0.2) is 4.79 Å². The van der Waals surface area contributed by atoms with E-state index >= 15 is 0 Å². The number of hydrogen-bond donors (Lipinski definition) is 2. The molecule has 1 amide bonds. The summed E-state index contributed by atoms with van der Waals surface area (Å²) in [7, 11) is 1.57. The Balaban J connectivity index is 2.29. The third-order valence-corrected chi connectivity index (χ3v) is 4.45. The number of nitriles is 1. The summed E-state index contributed by atoms with van der Waals surface area (Å²) in [5.41, 5.74) is 1.93. The zero-order chi connectivity index (χ0) is 24.2. The fourth-order valence-corrected chi connectivity index (χ4v) is 2.97. The van der Waals surface area contributed by atoms with E-state index in [4.69, 9.17) is 19.3 Å². The SMILES string of the molecule is C=CCc1cc(/C=C(/C#N)C(=O)NCc2ccc(OC)cc2)cc(OCC)c1OCC(=O)O. The number of carbonyl (C=O) groups excluding carboxylic acids is 1. The largest absolute Gasteiger partial charge is 0.497 e. The number of aliphatic carboxylic acids is 1. The zero-order valence-electron chi connectivity index (χ0n) is 18.6. The highest BCUT2D eigenvalue weighted by atomic mass is 16.5. The lowest BCUT2D eigenvalue weighted by Gasteiger charge is -2.16. The van der Waals surface area contributed by atoms with Gasteiger partial charge in [0.25, 0.3) is 5.91 Å². The van der Waals surface area contributed by atoms with Crippen LogP contribution in [0.1, 0.15) is 23.6 Å². The van der Waals surface area contributed by atoms with E-state index in [0.717, 1.165) is 5.56 Å². The standard InChI is InChI=1S/C25H26N2O6/c1-4-6-19-11-18(13-22(32-5-2)24(19)33-16-23(28)29)12-20(14-26)25(30)27-15-17-7-9-21(31-3)10-8-17/h4,7-13H,1,5-6,15-16H2,2-3H3,(H,27,30)(H,28,29)/b20-12-. The number of rotatable bonds is 12. The van der Waals surface area contributed by atoms with Crippen LogP contribution in [0.15, 0.2) is 54.6 Å². The van der Waals surface area contributed by atoms with E-state index in [9.17, 15) is 14.9 Å². The molecule has 0 atom stereocenters. The summed E-state index contributed by atoms with van der Waals surface area (Å²) in [6.07, 6.45) is 3.46. The molecule has 0 aliphatic carbocycles. The Labute approximate surface area is 192 Å². The third-order valence-electron chi connectivity index (χ3n) is 4.45. The van der Waals surface area contributed by atoms with Crippen LogP contribution in [0.2, 0.25) is 0 Å². The molecule has 8 nitrogen and oxygen atoms in total. The highest BCUT2D eigenvalue weighted by molar-refractivity contribution is 6.01. The highest BCUT2D eigenvalue weighted by Gasteiger charge is 2.16. The van der Waals surface area contributed by atoms with Crippen molar-refractivity contribution in [2.45, 2.75) is 19.9 Å². The Kier molecular flexibility index (Phi) is 9.53. The molecular formula is C25H26N2O6. The number of nitrogens with zero attached hydrogens (tertiary/aromatic N) is 1. The fraction of sp³-hybridized carbons (Fsp3) is 0.240. The number of benzene rings is 2. The van der Waals surface area contributed by atoms with Crippen molar-refractivity contribution in [3.63, 3.8) is 0 Å². The normalized spacial score (nSPS) is 10.6. The molecule has 0 saturated heterocycles. The van der Waals surface area contributed by atoms with E-state index in [-0.39, 0.29) is 12.1 Å². The van der Waals surface area contributed by atoms with Gasteiger partial charge in [-0.3, -0.25) is 4.79 Å². The monoisotopic (exact) mass is 450 g/mol. The Morgan fingerprint density at radius 3 is 2.52 bits per heavy atom. The molecule has 0 saturated carbocycles. The zero-order valence-corrected chi connectivity index (χ0v) is 18.6. The molecular weight excluding hydrogens is 424 g/mol. The quantitative estimate of drug-likeness (QED) is 0.289. The molecule has 0 radical (unpaired) electrons. The molecule has 172 valence electrons. The Morgan fingerprint density at radius 1 is 1.21 bits per heavy atom. The number of nitrogens with one attached hydrogen (secondary N) is 1. The minimum absolute atomic E-state index is 0.0882. The van der Waals surface area contributed by atoms with Crippen LogP contribution in [0.25, 0.3) is 6.08 Å². The van der Waals surface area contributed by atoms with E-state index in [0.29, 0.717) is 41.4 Å². The van der Waals surface area contributed by atoms with Gasteiger partial charge in [0, 0.05) is 12.1 Å². The average molecular weight is 450 g/mol. The number of carbonyl (C=O) groups is 2. The summed E-state index contributed by atoms with van der Waals surface area (Å²) in [5.74, 6) is -0.327. The molecule has 0 spiro atoms. The molecule has 2 aromatic rings. The molecule has 0 unspecified atom stereocenters. The van der Waals surface area contributed by atoms with Crippen LogP contribution in [0.3, 0.4) is 0 Å². The fourth-order valence-electron chi connectivity index (χ4n) is 2.97. The lowest BCUT2D eigenvalue weighted by atomic mass is 10.0. The van der Waals surface area contributed by atoms with E-state index in [1.165, 1.54) is 6.08 Å². The van der Waals surface area contributed by atoms with Gasteiger partial charge in [-0.1, -0.05) is 18.2 Å². The van der Waals surface area contributed by atoms with Gasteiger partial charge < -0.3 is 24.6 Å². The van der Waals surface area contributed by atoms with Crippen LogP contribution in [0.4, 0.5) is 0 Å². The first-order chi connectivity index (χ1) is 15.9. The second-order valence-corrected chi connectivity index (χ2v) is 6.82. The topological polar surface area (TPSA) is 118 Å². The van der Waals surface area contributed by atoms with Crippen molar-refractivity contribution in [3.05, 3.63) is 71.3 Å². The van der Waals surface area contributed by atoms with Crippen molar-refractivity contribution in [1.82, 2.24) is 5.32 Å². The van der Waals surface area contributed by atoms with Gasteiger partial charge in [0.15, 0.2) is 18.1 Å². The molecule has 2 N–H and O–H groups in total. The van der Waals surface area contributed by atoms with E-state index in [1.807, 2.05) is 18.2 Å². The lowest BCUT2D eigenvalue weighted by molar-refractivity contribution is -0.139. The number of amides is 1. The minimum Gasteiger partial charge on any atom is -0.497 e. The summed E-state index contributed by atoms with van der Waals surface area (Å²) in [5, 5.41) is 21.2. The molecule has 0 bridgehead atoms. The van der Waals surface area contributed by atoms with Crippen molar-refractivity contribution < 1.29 is 28.9 Å². The van der Waals surface area contributed by atoms with Crippen LogP contribution < -0.4 is 19.5 Å². The van der Waals surface area contributed by atoms with Crippen LogP contribution in [0.5, 0.6) is 17.2 Å². The Morgan fingerprint density at radius 2 is 1.94 bits per heavy atom. The molecule has 2 rings (SSSR count). The van der Waals surface area contributed by atoms with Crippen molar-refractivity contribution in [1.29, 1.82) is 5.26 Å². The maximum absolute atomic E-state index is 12.6. The number of methoxy groups -OCH3 is 1. The van der Waals surface area contributed by atoms with Crippen molar-refractivity contribution in [3.8, 4) is 23.3 Å². The molecule has 0 fully saturated rings. The molecule has 8 heteroatoms. The van der Waals surface area contributed by atoms with Gasteiger partial charge in [-0.15, -0.1) is 6.58 Å². The molecule has 0 heterocycles. The van der Waals surface area contributed by atoms with Crippen LogP contribution in [-0.2, 0) is 22.6 Å². The third kappa shape index (κ3) is 7.43. The smallest absolute Gasteiger partial charge is 0.341 e. The van der Waals surface area contributed by atoms with Crippen molar-refractivity contribution in [2.24, 2.45) is 0 Å². The summed E-state index contributed by atoms with van der Waals surface area (Å²) in [4.78, 5) is 23.5. The number of carboxylic acid groups (broad SMARTS) is 1. The van der Waals surface area contributed by atoms with Gasteiger partial charge in [0.05, 0.1) is 13.7 Å². The number of carboxylic acids is 1. The summed E-state index contributed by atoms with van der Waals surface area (Å²) in [6.45, 7) is 5.53. The van der Waals surface area contributed by atoms with Crippen molar-refractivity contribution in [2.75, 3.05) is 20.3 Å². The first-order valence-electron chi connectivity index (χ1n) is 10.2. The summed E-state index contributed by atoms with van der Waals surface area (Å²) >= 11 is 0. The maximum atomic E-state index is 12.6. The Hall–Kier alpha value is -4.25. The Bertz CT molecular complexity index is 1070. The minimum atomic E-state index is -1.12. The first kappa shape index (κ1) is 25.0. The van der Waals surface area contributed by atoms with Crippen LogP contribution >= 0.6 is 0 Å². The van der Waals surface area contributed by atoms with Gasteiger partial charge >= 0.3 is 5.97 Å². The van der Waals surface area contributed by atoms with E-state index < -0.39 is 18.5 Å².